The van der Waals surface area contributed by atoms with Gasteiger partial charge in [-0.05, 0) is 47.7 Å². The van der Waals surface area contributed by atoms with Crippen molar-refractivity contribution in [3.05, 3.63) is 52.0 Å². The van der Waals surface area contributed by atoms with Crippen molar-refractivity contribution >= 4 is 29.1 Å². The monoisotopic (exact) mass is 337 g/mol. The van der Waals surface area contributed by atoms with Gasteiger partial charge >= 0.3 is 0 Å². The standard InChI is InChI=1S/C16H13Cl2NO3/c17-12-5-3-10(7-13(12)18)11-2-1-9-4-6-14(16(20)19-21)22-15(9)8-11/h1-3,5,7-8,14,21H,4,6H2,(H,19,20). The molecule has 1 aliphatic rings. The molecule has 1 amide bonds. The topological polar surface area (TPSA) is 58.6 Å². The molecule has 2 aromatic carbocycles. The van der Waals surface area contributed by atoms with Crippen LogP contribution in [-0.4, -0.2) is 17.2 Å². The molecule has 0 saturated heterocycles. The number of hydrogen-bond donors (Lipinski definition) is 2. The first-order valence-corrected chi connectivity index (χ1v) is 7.53. The number of nitrogens with one attached hydrogen (secondary N) is 1. The SMILES string of the molecule is O=C(NO)C1CCc2ccc(-c3ccc(Cl)c(Cl)c3)cc2O1. The lowest BCUT2D eigenvalue weighted by molar-refractivity contribution is -0.137. The van der Waals surface area contributed by atoms with Gasteiger partial charge in [0.15, 0.2) is 6.10 Å². The molecule has 2 aromatic rings. The van der Waals surface area contributed by atoms with E-state index >= 15 is 0 Å². The molecule has 3 rings (SSSR count). The van der Waals surface area contributed by atoms with Crippen LogP contribution in [0.4, 0.5) is 0 Å². The van der Waals surface area contributed by atoms with Crippen molar-refractivity contribution in [2.75, 3.05) is 0 Å². The second-order valence-electron chi connectivity index (χ2n) is 5.07. The minimum atomic E-state index is -0.679. The highest BCUT2D eigenvalue weighted by Gasteiger charge is 2.26. The molecule has 0 radical (unpaired) electrons. The van der Waals surface area contributed by atoms with Gasteiger partial charge in [0.1, 0.15) is 5.75 Å². The quantitative estimate of drug-likeness (QED) is 0.646. The number of fused-ring (bicyclic) bond motifs is 1. The van der Waals surface area contributed by atoms with Crippen LogP contribution in [0.25, 0.3) is 11.1 Å². The Labute approximate surface area is 137 Å². The summed E-state index contributed by atoms with van der Waals surface area (Å²) in [5.41, 5.74) is 4.49. The summed E-state index contributed by atoms with van der Waals surface area (Å²) < 4.78 is 5.67. The van der Waals surface area contributed by atoms with Crippen molar-refractivity contribution in [1.82, 2.24) is 5.48 Å². The van der Waals surface area contributed by atoms with Crippen molar-refractivity contribution < 1.29 is 14.7 Å². The Morgan fingerprint density at radius 1 is 1.14 bits per heavy atom. The van der Waals surface area contributed by atoms with Crippen molar-refractivity contribution in [3.63, 3.8) is 0 Å². The number of carbonyl (C=O) groups is 1. The maximum absolute atomic E-state index is 11.5. The Kier molecular flexibility index (Phi) is 4.25. The highest BCUT2D eigenvalue weighted by atomic mass is 35.5. The van der Waals surface area contributed by atoms with Gasteiger partial charge in [-0.25, -0.2) is 5.48 Å². The fourth-order valence-electron chi connectivity index (χ4n) is 2.48. The van der Waals surface area contributed by atoms with E-state index in [1.807, 2.05) is 24.3 Å². The van der Waals surface area contributed by atoms with Gasteiger partial charge in [-0.15, -0.1) is 0 Å². The molecular weight excluding hydrogens is 325 g/mol. The molecule has 6 heteroatoms. The molecule has 22 heavy (non-hydrogen) atoms. The molecule has 1 aliphatic heterocycles. The highest BCUT2D eigenvalue weighted by molar-refractivity contribution is 6.42. The van der Waals surface area contributed by atoms with Gasteiger partial charge in [0, 0.05) is 0 Å². The van der Waals surface area contributed by atoms with Crippen LogP contribution in [0.1, 0.15) is 12.0 Å². The van der Waals surface area contributed by atoms with Gasteiger partial charge in [-0.3, -0.25) is 10.0 Å². The maximum atomic E-state index is 11.5. The average molecular weight is 338 g/mol. The summed E-state index contributed by atoms with van der Waals surface area (Å²) in [7, 11) is 0. The summed E-state index contributed by atoms with van der Waals surface area (Å²) in [4.78, 5) is 11.5. The smallest absolute Gasteiger partial charge is 0.284 e. The van der Waals surface area contributed by atoms with Crippen LogP contribution in [0.15, 0.2) is 36.4 Å². The number of carbonyl (C=O) groups excluding carboxylic acids is 1. The minimum absolute atomic E-state index is 0.482. The normalized spacial score (nSPS) is 16.6. The van der Waals surface area contributed by atoms with Gasteiger partial charge in [0.25, 0.3) is 5.91 Å². The number of hydroxylamine groups is 1. The van der Waals surface area contributed by atoms with E-state index in [1.165, 1.54) is 0 Å². The van der Waals surface area contributed by atoms with Crippen molar-refractivity contribution in [1.29, 1.82) is 0 Å². The molecule has 1 heterocycles. The van der Waals surface area contributed by atoms with Gasteiger partial charge in [-0.1, -0.05) is 41.4 Å². The zero-order valence-electron chi connectivity index (χ0n) is 11.5. The number of halogens is 2. The lowest BCUT2D eigenvalue weighted by atomic mass is 9.97. The molecule has 0 aromatic heterocycles. The largest absolute Gasteiger partial charge is 0.480 e. The third kappa shape index (κ3) is 2.90. The van der Waals surface area contributed by atoms with E-state index in [1.54, 1.807) is 17.6 Å². The first-order valence-electron chi connectivity index (χ1n) is 6.77. The highest BCUT2D eigenvalue weighted by Crippen LogP contribution is 2.34. The molecule has 1 atom stereocenters. The van der Waals surface area contributed by atoms with Gasteiger partial charge in [-0.2, -0.15) is 0 Å². The Morgan fingerprint density at radius 3 is 2.59 bits per heavy atom. The van der Waals surface area contributed by atoms with Gasteiger partial charge in [0.05, 0.1) is 10.0 Å². The summed E-state index contributed by atoms with van der Waals surface area (Å²) in [6.45, 7) is 0. The Morgan fingerprint density at radius 2 is 1.86 bits per heavy atom. The fourth-order valence-corrected chi connectivity index (χ4v) is 2.78. The molecule has 0 fully saturated rings. The Hall–Kier alpha value is -1.75. The van der Waals surface area contributed by atoms with Crippen LogP contribution in [0.3, 0.4) is 0 Å². The van der Waals surface area contributed by atoms with Crippen LogP contribution in [-0.2, 0) is 11.2 Å². The molecule has 1 unspecified atom stereocenters. The summed E-state index contributed by atoms with van der Waals surface area (Å²) in [6, 6.07) is 11.2. The zero-order valence-corrected chi connectivity index (χ0v) is 13.0. The average Bonchev–Trinajstić information content (AvgIpc) is 2.55. The van der Waals surface area contributed by atoms with Crippen molar-refractivity contribution in [3.8, 4) is 16.9 Å². The van der Waals surface area contributed by atoms with Crippen LogP contribution in [0.5, 0.6) is 5.75 Å². The van der Waals surface area contributed by atoms with Crippen LogP contribution >= 0.6 is 23.2 Å². The molecule has 0 saturated carbocycles. The van der Waals surface area contributed by atoms with Crippen LogP contribution in [0, 0.1) is 0 Å². The molecule has 0 spiro atoms. The molecule has 4 nitrogen and oxygen atoms in total. The molecule has 0 aliphatic carbocycles. The first-order chi connectivity index (χ1) is 10.6. The second kappa shape index (κ2) is 6.16. The van der Waals surface area contributed by atoms with Crippen molar-refractivity contribution in [2.24, 2.45) is 0 Å². The number of benzene rings is 2. The molecular formula is C16H13Cl2NO3. The summed E-state index contributed by atoms with van der Waals surface area (Å²) in [6.07, 6.45) is 0.571. The predicted molar refractivity (Wildman–Crippen MR) is 84.6 cm³/mol. The Balaban J connectivity index is 1.93. The van der Waals surface area contributed by atoms with Crippen LogP contribution < -0.4 is 10.2 Å². The number of aryl methyl sites for hydroxylation is 1. The molecule has 0 bridgehead atoms. The third-order valence-corrected chi connectivity index (χ3v) is 4.41. The van der Waals surface area contributed by atoms with Gasteiger partial charge < -0.3 is 4.74 Å². The predicted octanol–water partition coefficient (Wildman–Crippen LogP) is 3.86. The minimum Gasteiger partial charge on any atom is -0.480 e. The number of hydrogen-bond acceptors (Lipinski definition) is 3. The summed E-state index contributed by atoms with van der Waals surface area (Å²) in [5.74, 6) is 0.106. The zero-order chi connectivity index (χ0) is 15.7. The van der Waals surface area contributed by atoms with E-state index in [0.29, 0.717) is 22.2 Å². The molecule has 114 valence electrons. The van der Waals surface area contributed by atoms with E-state index in [2.05, 4.69) is 0 Å². The first kappa shape index (κ1) is 15.2. The number of amides is 1. The van der Waals surface area contributed by atoms with E-state index in [4.69, 9.17) is 33.1 Å². The second-order valence-corrected chi connectivity index (χ2v) is 5.89. The number of rotatable bonds is 2. The van der Waals surface area contributed by atoms with Gasteiger partial charge in [0.2, 0.25) is 0 Å². The van der Waals surface area contributed by atoms with Crippen molar-refractivity contribution in [2.45, 2.75) is 18.9 Å². The lowest BCUT2D eigenvalue weighted by Crippen LogP contribution is -2.38. The number of ether oxygens (including phenoxy) is 1. The molecule has 2 N–H and O–H groups in total. The maximum Gasteiger partial charge on any atom is 0.284 e. The third-order valence-electron chi connectivity index (χ3n) is 3.67. The van der Waals surface area contributed by atoms with E-state index in [-0.39, 0.29) is 0 Å². The summed E-state index contributed by atoms with van der Waals surface area (Å²) in [5, 5.41) is 9.70. The van der Waals surface area contributed by atoms with E-state index < -0.39 is 12.0 Å². The Bertz CT molecular complexity index is 733. The summed E-state index contributed by atoms with van der Waals surface area (Å²) >= 11 is 12.0. The fraction of sp³-hybridized carbons (Fsp3) is 0.188. The van der Waals surface area contributed by atoms with E-state index in [9.17, 15) is 4.79 Å². The van der Waals surface area contributed by atoms with E-state index in [0.717, 1.165) is 23.1 Å². The lowest BCUT2D eigenvalue weighted by Gasteiger charge is -2.25. The van der Waals surface area contributed by atoms with Crippen LogP contribution in [0.2, 0.25) is 10.0 Å².